The van der Waals surface area contributed by atoms with Crippen LogP contribution in [0.25, 0.3) is 0 Å². The third-order valence-electron chi connectivity index (χ3n) is 4.72. The van der Waals surface area contributed by atoms with Crippen molar-refractivity contribution in [1.82, 2.24) is 15.2 Å². The highest BCUT2D eigenvalue weighted by atomic mass is 32.2. The molecule has 2 aromatic carbocycles. The molecule has 8 heteroatoms. The fourth-order valence-electron chi connectivity index (χ4n) is 3.21. The summed E-state index contributed by atoms with van der Waals surface area (Å²) in [6.07, 6.45) is 7.26. The molecule has 34 heavy (non-hydrogen) atoms. The Bertz CT molecular complexity index is 1110. The van der Waals surface area contributed by atoms with Crippen molar-refractivity contribution in [1.29, 1.82) is 5.26 Å². The average Bonchev–Trinajstić information content (AvgIpc) is 2.85. The number of nitrogens with zero attached hydrogens (tertiary/aromatic N) is 3. The quantitative estimate of drug-likeness (QED) is 0.600. The second-order valence-corrected chi connectivity index (χ2v) is 9.25. The number of nitrogens with two attached hydrogens (primary N) is 1. The number of anilines is 1. The van der Waals surface area contributed by atoms with E-state index in [-0.39, 0.29) is 5.91 Å². The van der Waals surface area contributed by atoms with Gasteiger partial charge in [0.1, 0.15) is 0 Å². The number of carbonyl (C=O) groups is 1. The van der Waals surface area contributed by atoms with E-state index in [2.05, 4.69) is 28.5 Å². The molecular weight excluding hydrogens is 446 g/mol. The molecule has 1 fully saturated rings. The molecule has 1 amide bonds. The van der Waals surface area contributed by atoms with Crippen molar-refractivity contribution < 1.29 is 9.00 Å². The van der Waals surface area contributed by atoms with Gasteiger partial charge in [-0.15, -0.1) is 0 Å². The summed E-state index contributed by atoms with van der Waals surface area (Å²) in [5, 5.41) is 12.0. The van der Waals surface area contributed by atoms with E-state index >= 15 is 0 Å². The van der Waals surface area contributed by atoms with E-state index in [0.29, 0.717) is 11.3 Å². The summed E-state index contributed by atoms with van der Waals surface area (Å²) in [6.45, 7) is 3.18. The normalized spacial score (nSPS) is 12.5. The van der Waals surface area contributed by atoms with Crippen LogP contribution >= 0.6 is 0 Å². The maximum absolute atomic E-state index is 12.0. The lowest BCUT2D eigenvalue weighted by Crippen LogP contribution is -2.46. The Morgan fingerprint density at radius 2 is 1.71 bits per heavy atom. The topological polar surface area (TPSA) is 112 Å². The van der Waals surface area contributed by atoms with Gasteiger partial charge >= 0.3 is 0 Å². The summed E-state index contributed by atoms with van der Waals surface area (Å²) in [4.78, 5) is 17.7. The summed E-state index contributed by atoms with van der Waals surface area (Å²) in [5.41, 5.74) is 9.85. The lowest BCUT2D eigenvalue weighted by Gasteiger charge is -2.27. The SMILES string of the molecule is CS(C)=O.N#Cc1cccc(Cc2ccccc2)c1.Nc1cncc(C(=O)N2CCNCC2)c1. The molecule has 0 radical (unpaired) electrons. The maximum atomic E-state index is 12.0. The standard InChI is InChI=1S/C14H11N.C10H14N4O.C2H6OS/c15-11-14-8-4-7-13(10-14)9-12-5-2-1-3-6-12;11-9-5-8(6-13-7-9)10(15)14-3-1-12-2-4-14;1-4(2)3/h1-8,10H,9H2;5-7,12H,1-4,11H2;1-2H3. The minimum atomic E-state index is -0.611. The maximum Gasteiger partial charge on any atom is 0.255 e. The molecule has 3 aromatic rings. The summed E-state index contributed by atoms with van der Waals surface area (Å²) in [7, 11) is -0.611. The molecule has 1 aliphatic rings. The van der Waals surface area contributed by atoms with Crippen molar-refractivity contribution in [3.05, 3.63) is 95.3 Å². The van der Waals surface area contributed by atoms with E-state index in [1.807, 2.05) is 47.4 Å². The van der Waals surface area contributed by atoms with Crippen LogP contribution in [0, 0.1) is 11.3 Å². The van der Waals surface area contributed by atoms with Gasteiger partial charge in [0.15, 0.2) is 0 Å². The van der Waals surface area contributed by atoms with Crippen LogP contribution in [0.3, 0.4) is 0 Å². The van der Waals surface area contributed by atoms with Gasteiger partial charge < -0.3 is 16.0 Å². The highest BCUT2D eigenvalue weighted by molar-refractivity contribution is 7.83. The highest BCUT2D eigenvalue weighted by Gasteiger charge is 2.17. The van der Waals surface area contributed by atoms with Gasteiger partial charge in [-0.3, -0.25) is 14.0 Å². The van der Waals surface area contributed by atoms with Gasteiger partial charge in [-0.2, -0.15) is 5.26 Å². The fourth-order valence-corrected chi connectivity index (χ4v) is 3.21. The first-order chi connectivity index (χ1) is 16.4. The Morgan fingerprint density at radius 3 is 2.32 bits per heavy atom. The summed E-state index contributed by atoms with van der Waals surface area (Å²) < 4.78 is 9.56. The molecule has 0 aliphatic carbocycles. The second kappa shape index (κ2) is 14.6. The third-order valence-corrected chi connectivity index (χ3v) is 4.72. The van der Waals surface area contributed by atoms with E-state index in [0.717, 1.165) is 38.2 Å². The number of hydrogen-bond donors (Lipinski definition) is 2. The molecule has 0 spiro atoms. The van der Waals surface area contributed by atoms with Crippen LogP contribution in [0.2, 0.25) is 0 Å². The lowest BCUT2D eigenvalue weighted by atomic mass is 10.0. The summed E-state index contributed by atoms with van der Waals surface area (Å²) in [5.74, 6) is 0.0105. The van der Waals surface area contributed by atoms with Crippen LogP contribution < -0.4 is 11.1 Å². The van der Waals surface area contributed by atoms with Crippen LogP contribution in [0.5, 0.6) is 0 Å². The number of amides is 1. The van der Waals surface area contributed by atoms with Crippen LogP contribution in [0.15, 0.2) is 73.1 Å². The number of nitrogen functional groups attached to an aromatic ring is 1. The Hall–Kier alpha value is -3.54. The molecule has 178 valence electrons. The van der Waals surface area contributed by atoms with Gasteiger partial charge in [0.25, 0.3) is 5.91 Å². The predicted molar refractivity (Wildman–Crippen MR) is 138 cm³/mol. The van der Waals surface area contributed by atoms with Crippen molar-refractivity contribution in [3.8, 4) is 6.07 Å². The first-order valence-electron chi connectivity index (χ1n) is 10.9. The zero-order valence-corrected chi connectivity index (χ0v) is 20.4. The molecule has 1 saturated heterocycles. The molecule has 0 atom stereocenters. The molecular formula is C26H31N5O2S. The second-order valence-electron chi connectivity index (χ2n) is 7.77. The number of hydrogen-bond acceptors (Lipinski definition) is 6. The Balaban J connectivity index is 0.000000208. The van der Waals surface area contributed by atoms with Crippen LogP contribution in [0.1, 0.15) is 27.0 Å². The van der Waals surface area contributed by atoms with E-state index in [1.165, 1.54) is 17.3 Å². The van der Waals surface area contributed by atoms with E-state index < -0.39 is 10.8 Å². The monoisotopic (exact) mass is 477 g/mol. The number of carbonyl (C=O) groups excluding carboxylic acids is 1. The molecule has 2 heterocycles. The van der Waals surface area contributed by atoms with Gasteiger partial charge in [-0.1, -0.05) is 42.5 Å². The number of benzene rings is 2. The molecule has 1 aliphatic heterocycles. The Morgan fingerprint density at radius 1 is 1.06 bits per heavy atom. The Labute approximate surface area is 204 Å². The molecule has 1 aromatic heterocycles. The van der Waals surface area contributed by atoms with Crippen molar-refractivity contribution in [2.24, 2.45) is 0 Å². The molecule has 0 bridgehead atoms. The van der Waals surface area contributed by atoms with Crippen LogP contribution in [0.4, 0.5) is 5.69 Å². The van der Waals surface area contributed by atoms with E-state index in [1.54, 1.807) is 24.8 Å². The zero-order chi connectivity index (χ0) is 24.8. The highest BCUT2D eigenvalue weighted by Crippen LogP contribution is 2.11. The number of rotatable bonds is 3. The third kappa shape index (κ3) is 9.94. The van der Waals surface area contributed by atoms with Crippen molar-refractivity contribution in [3.63, 3.8) is 0 Å². The summed E-state index contributed by atoms with van der Waals surface area (Å²) >= 11 is 0. The van der Waals surface area contributed by atoms with Gasteiger partial charge in [0.05, 0.1) is 22.9 Å². The summed E-state index contributed by atoms with van der Waals surface area (Å²) in [6, 6.07) is 21.8. The molecule has 0 saturated carbocycles. The van der Waals surface area contributed by atoms with Crippen molar-refractivity contribution in [2.75, 3.05) is 44.4 Å². The molecule has 3 N–H and O–H groups in total. The van der Waals surface area contributed by atoms with Crippen molar-refractivity contribution in [2.45, 2.75) is 6.42 Å². The van der Waals surface area contributed by atoms with Gasteiger partial charge in [-0.25, -0.2) is 0 Å². The first kappa shape index (κ1) is 26.7. The van der Waals surface area contributed by atoms with Gasteiger partial charge in [0.2, 0.25) is 0 Å². The minimum Gasteiger partial charge on any atom is -0.397 e. The largest absolute Gasteiger partial charge is 0.397 e. The van der Waals surface area contributed by atoms with Gasteiger partial charge in [-0.05, 0) is 35.7 Å². The minimum absolute atomic E-state index is 0.0105. The molecule has 0 unspecified atom stereocenters. The van der Waals surface area contributed by atoms with E-state index in [4.69, 9.17) is 11.0 Å². The predicted octanol–water partition coefficient (Wildman–Crippen LogP) is 2.85. The lowest BCUT2D eigenvalue weighted by molar-refractivity contribution is 0.0735. The average molecular weight is 478 g/mol. The smallest absolute Gasteiger partial charge is 0.255 e. The van der Waals surface area contributed by atoms with Crippen LogP contribution in [-0.2, 0) is 17.2 Å². The van der Waals surface area contributed by atoms with Crippen molar-refractivity contribution >= 4 is 22.4 Å². The number of pyridine rings is 1. The number of nitrogens with one attached hydrogen (secondary N) is 1. The number of aromatic nitrogens is 1. The number of nitriles is 1. The van der Waals surface area contributed by atoms with Gasteiger partial charge in [0, 0.05) is 61.9 Å². The number of piperazine rings is 1. The van der Waals surface area contributed by atoms with Crippen LogP contribution in [-0.4, -0.2) is 58.7 Å². The first-order valence-corrected chi connectivity index (χ1v) is 12.8. The molecule has 7 nitrogen and oxygen atoms in total. The fraction of sp³-hybridized carbons (Fsp3) is 0.269. The zero-order valence-electron chi connectivity index (χ0n) is 19.6. The molecule has 4 rings (SSSR count). The Kier molecular flexibility index (Phi) is 11.5. The van der Waals surface area contributed by atoms with E-state index in [9.17, 15) is 9.00 Å².